The topological polar surface area (TPSA) is 74.8 Å². The van der Waals surface area contributed by atoms with E-state index in [0.717, 1.165) is 11.3 Å². The summed E-state index contributed by atoms with van der Waals surface area (Å²) in [6.07, 6.45) is 0. The fourth-order valence-electron chi connectivity index (χ4n) is 2.65. The SMILES string of the molecule is CN=C(NCCNC(=O)c1ccccc1)NC(C)c1ccc(OCC(C)C)cc1. The monoisotopic (exact) mass is 396 g/mol. The Hall–Kier alpha value is -3.02. The number of guanidine groups is 1. The summed E-state index contributed by atoms with van der Waals surface area (Å²) >= 11 is 0. The van der Waals surface area contributed by atoms with Gasteiger partial charge in [-0.1, -0.05) is 44.2 Å². The Labute approximate surface area is 173 Å². The van der Waals surface area contributed by atoms with Crippen molar-refractivity contribution in [3.8, 4) is 5.75 Å². The van der Waals surface area contributed by atoms with Crippen LogP contribution in [0.3, 0.4) is 0 Å². The van der Waals surface area contributed by atoms with E-state index >= 15 is 0 Å². The van der Waals surface area contributed by atoms with E-state index < -0.39 is 0 Å². The molecule has 0 aliphatic heterocycles. The normalized spacial score (nSPS) is 12.4. The van der Waals surface area contributed by atoms with E-state index in [1.54, 1.807) is 19.2 Å². The number of hydrogen-bond donors (Lipinski definition) is 3. The lowest BCUT2D eigenvalue weighted by Crippen LogP contribution is -2.42. The van der Waals surface area contributed by atoms with Crippen LogP contribution in [0.4, 0.5) is 0 Å². The van der Waals surface area contributed by atoms with E-state index in [4.69, 9.17) is 4.74 Å². The molecule has 0 saturated heterocycles. The fraction of sp³-hybridized carbons (Fsp3) is 0.391. The first kappa shape index (κ1) is 22.3. The molecule has 0 heterocycles. The summed E-state index contributed by atoms with van der Waals surface area (Å²) in [5.74, 6) is 1.99. The van der Waals surface area contributed by atoms with Gasteiger partial charge < -0.3 is 20.7 Å². The summed E-state index contributed by atoms with van der Waals surface area (Å²) < 4.78 is 5.73. The number of carbonyl (C=O) groups is 1. The van der Waals surface area contributed by atoms with Crippen molar-refractivity contribution in [2.45, 2.75) is 26.8 Å². The van der Waals surface area contributed by atoms with Gasteiger partial charge in [0.05, 0.1) is 12.6 Å². The first-order chi connectivity index (χ1) is 14.0. The van der Waals surface area contributed by atoms with Gasteiger partial charge in [0.25, 0.3) is 5.91 Å². The predicted molar refractivity (Wildman–Crippen MR) is 118 cm³/mol. The van der Waals surface area contributed by atoms with Crippen LogP contribution >= 0.6 is 0 Å². The van der Waals surface area contributed by atoms with Crippen molar-refractivity contribution in [1.82, 2.24) is 16.0 Å². The van der Waals surface area contributed by atoms with Gasteiger partial charge in [-0.25, -0.2) is 0 Å². The smallest absolute Gasteiger partial charge is 0.251 e. The molecule has 0 bridgehead atoms. The zero-order valence-corrected chi connectivity index (χ0v) is 17.7. The van der Waals surface area contributed by atoms with Crippen LogP contribution in [-0.4, -0.2) is 38.6 Å². The number of aliphatic imine (C=N–C) groups is 1. The van der Waals surface area contributed by atoms with Crippen LogP contribution in [0, 0.1) is 5.92 Å². The van der Waals surface area contributed by atoms with Crippen LogP contribution in [0.25, 0.3) is 0 Å². The van der Waals surface area contributed by atoms with Gasteiger partial charge in [-0.2, -0.15) is 0 Å². The molecule has 6 heteroatoms. The number of carbonyl (C=O) groups excluding carboxylic acids is 1. The summed E-state index contributed by atoms with van der Waals surface area (Å²) in [7, 11) is 1.73. The van der Waals surface area contributed by atoms with Crippen LogP contribution in [0.15, 0.2) is 59.6 Å². The Kier molecular flexibility index (Phi) is 9.02. The summed E-state index contributed by atoms with van der Waals surface area (Å²) in [6, 6.07) is 17.4. The summed E-state index contributed by atoms with van der Waals surface area (Å²) in [5.41, 5.74) is 1.80. The molecule has 1 unspecified atom stereocenters. The molecule has 1 atom stereocenters. The zero-order valence-electron chi connectivity index (χ0n) is 17.7. The molecule has 2 rings (SSSR count). The molecule has 0 radical (unpaired) electrons. The highest BCUT2D eigenvalue weighted by Gasteiger charge is 2.09. The van der Waals surface area contributed by atoms with Crippen molar-refractivity contribution in [3.63, 3.8) is 0 Å². The number of amides is 1. The van der Waals surface area contributed by atoms with Crippen molar-refractivity contribution in [1.29, 1.82) is 0 Å². The second kappa shape index (κ2) is 11.7. The molecule has 3 N–H and O–H groups in total. The molecule has 6 nitrogen and oxygen atoms in total. The number of nitrogens with zero attached hydrogens (tertiary/aromatic N) is 1. The highest BCUT2D eigenvalue weighted by molar-refractivity contribution is 5.94. The minimum atomic E-state index is -0.0801. The molecule has 156 valence electrons. The van der Waals surface area contributed by atoms with E-state index in [9.17, 15) is 4.79 Å². The predicted octanol–water partition coefficient (Wildman–Crippen LogP) is 3.38. The second-order valence-corrected chi connectivity index (χ2v) is 7.26. The van der Waals surface area contributed by atoms with Gasteiger partial charge in [-0.15, -0.1) is 0 Å². The third kappa shape index (κ3) is 7.86. The maximum absolute atomic E-state index is 12.0. The van der Waals surface area contributed by atoms with Gasteiger partial charge in [0.1, 0.15) is 5.75 Å². The van der Waals surface area contributed by atoms with Crippen LogP contribution in [0.1, 0.15) is 42.7 Å². The lowest BCUT2D eigenvalue weighted by molar-refractivity contribution is 0.0954. The zero-order chi connectivity index (χ0) is 21.1. The minimum absolute atomic E-state index is 0.0801. The second-order valence-electron chi connectivity index (χ2n) is 7.26. The number of benzene rings is 2. The van der Waals surface area contributed by atoms with Crippen molar-refractivity contribution >= 4 is 11.9 Å². The van der Waals surface area contributed by atoms with Crippen molar-refractivity contribution in [2.24, 2.45) is 10.9 Å². The number of rotatable bonds is 9. The highest BCUT2D eigenvalue weighted by atomic mass is 16.5. The Morgan fingerprint density at radius 2 is 1.62 bits per heavy atom. The van der Waals surface area contributed by atoms with Gasteiger partial charge in [0, 0.05) is 25.7 Å². The van der Waals surface area contributed by atoms with Gasteiger partial charge in [-0.3, -0.25) is 9.79 Å². The molecule has 0 saturated carbocycles. The van der Waals surface area contributed by atoms with E-state index in [1.807, 2.05) is 30.3 Å². The summed E-state index contributed by atoms with van der Waals surface area (Å²) in [6.45, 7) is 8.13. The number of ether oxygens (including phenoxy) is 1. The van der Waals surface area contributed by atoms with Crippen molar-refractivity contribution < 1.29 is 9.53 Å². The van der Waals surface area contributed by atoms with Crippen LogP contribution in [-0.2, 0) is 0 Å². The lowest BCUT2D eigenvalue weighted by Gasteiger charge is -2.19. The fourth-order valence-corrected chi connectivity index (χ4v) is 2.65. The molecule has 0 fully saturated rings. The molecular formula is C23H32N4O2. The first-order valence-corrected chi connectivity index (χ1v) is 10.0. The van der Waals surface area contributed by atoms with E-state index in [-0.39, 0.29) is 11.9 Å². The molecule has 0 spiro atoms. The van der Waals surface area contributed by atoms with E-state index in [1.165, 1.54) is 0 Å². The van der Waals surface area contributed by atoms with Crippen molar-refractivity contribution in [3.05, 3.63) is 65.7 Å². The first-order valence-electron chi connectivity index (χ1n) is 10.0. The van der Waals surface area contributed by atoms with Crippen LogP contribution in [0.5, 0.6) is 5.75 Å². The maximum atomic E-state index is 12.0. The largest absolute Gasteiger partial charge is 0.493 e. The summed E-state index contributed by atoms with van der Waals surface area (Å²) in [4.78, 5) is 16.3. The van der Waals surface area contributed by atoms with Gasteiger partial charge >= 0.3 is 0 Å². The molecule has 1 amide bonds. The Morgan fingerprint density at radius 3 is 2.24 bits per heavy atom. The number of nitrogens with one attached hydrogen (secondary N) is 3. The van der Waals surface area contributed by atoms with Gasteiger partial charge in [-0.05, 0) is 42.7 Å². The highest BCUT2D eigenvalue weighted by Crippen LogP contribution is 2.18. The van der Waals surface area contributed by atoms with Gasteiger partial charge in [0.2, 0.25) is 0 Å². The maximum Gasteiger partial charge on any atom is 0.251 e. The van der Waals surface area contributed by atoms with Crippen LogP contribution in [0.2, 0.25) is 0 Å². The number of hydrogen-bond acceptors (Lipinski definition) is 3. The minimum Gasteiger partial charge on any atom is -0.493 e. The molecule has 0 aliphatic carbocycles. The molecule has 29 heavy (non-hydrogen) atoms. The third-order valence-electron chi connectivity index (χ3n) is 4.28. The lowest BCUT2D eigenvalue weighted by atomic mass is 10.1. The average Bonchev–Trinajstić information content (AvgIpc) is 2.75. The van der Waals surface area contributed by atoms with Gasteiger partial charge in [0.15, 0.2) is 5.96 Å². The van der Waals surface area contributed by atoms with Crippen LogP contribution < -0.4 is 20.7 Å². The molecular weight excluding hydrogens is 364 g/mol. The summed E-state index contributed by atoms with van der Waals surface area (Å²) in [5, 5.41) is 9.47. The Morgan fingerprint density at radius 1 is 0.966 bits per heavy atom. The average molecular weight is 397 g/mol. The van der Waals surface area contributed by atoms with E-state index in [2.05, 4.69) is 53.8 Å². The van der Waals surface area contributed by atoms with Crippen molar-refractivity contribution in [2.75, 3.05) is 26.7 Å². The molecule has 2 aromatic carbocycles. The quantitative estimate of drug-likeness (QED) is 0.345. The molecule has 0 aliphatic rings. The Balaban J connectivity index is 1.75. The standard InChI is InChI=1S/C23H32N4O2/c1-17(2)16-29-21-12-10-19(11-13-21)18(3)27-23(24-4)26-15-14-25-22(28)20-8-6-5-7-9-20/h5-13,17-18H,14-16H2,1-4H3,(H,25,28)(H2,24,26,27). The molecule has 0 aromatic heterocycles. The Bertz CT molecular complexity index is 773. The molecule has 2 aromatic rings. The van der Waals surface area contributed by atoms with E-state index in [0.29, 0.717) is 37.1 Å². The third-order valence-corrected chi connectivity index (χ3v) is 4.28.